The molecule has 74 valence electrons. The Morgan fingerprint density at radius 3 is 2.67 bits per heavy atom. The van der Waals surface area contributed by atoms with Gasteiger partial charge in [-0.1, -0.05) is 6.07 Å². The van der Waals surface area contributed by atoms with E-state index in [-0.39, 0.29) is 0 Å². The predicted molar refractivity (Wildman–Crippen MR) is 57.1 cm³/mol. The highest BCUT2D eigenvalue weighted by Crippen LogP contribution is 2.11. The van der Waals surface area contributed by atoms with Gasteiger partial charge in [-0.2, -0.15) is 0 Å². The fourth-order valence-electron chi connectivity index (χ4n) is 1.16. The molecule has 15 heavy (non-hydrogen) atoms. The Morgan fingerprint density at radius 2 is 1.93 bits per heavy atom. The highest BCUT2D eigenvalue weighted by atomic mass is 16.1. The minimum absolute atomic E-state index is 0.587. The van der Waals surface area contributed by atoms with Crippen LogP contribution < -0.4 is 5.32 Å². The monoisotopic (exact) mass is 199 g/mol. The number of nitrogens with one attached hydrogen (secondary N) is 1. The van der Waals surface area contributed by atoms with Crippen LogP contribution in [0, 0.1) is 0 Å². The average Bonchev–Trinajstić information content (AvgIpc) is 2.31. The van der Waals surface area contributed by atoms with E-state index in [0.717, 1.165) is 6.29 Å². The summed E-state index contributed by atoms with van der Waals surface area (Å²) in [6.07, 6.45) is 4.05. The molecule has 0 fully saturated rings. The molecule has 1 N–H and O–H groups in total. The summed E-state index contributed by atoms with van der Waals surface area (Å²) in [7, 11) is 0. The summed E-state index contributed by atoms with van der Waals surface area (Å²) in [5.74, 6) is 1.31. The maximum Gasteiger partial charge on any atom is 0.150 e. The molecule has 4 heteroatoms. The first-order chi connectivity index (χ1) is 7.38. The predicted octanol–water partition coefficient (Wildman–Crippen LogP) is 2.03. The van der Waals surface area contributed by atoms with E-state index >= 15 is 0 Å². The highest BCUT2D eigenvalue weighted by molar-refractivity contribution is 5.76. The fraction of sp³-hybridized carbons (Fsp3) is 0. The molecular formula is C11H9N3O. The van der Waals surface area contributed by atoms with E-state index in [2.05, 4.69) is 15.3 Å². The van der Waals surface area contributed by atoms with Gasteiger partial charge in [0.25, 0.3) is 0 Å². The second-order valence-electron chi connectivity index (χ2n) is 2.93. The van der Waals surface area contributed by atoms with E-state index in [0.29, 0.717) is 17.2 Å². The van der Waals surface area contributed by atoms with Crippen molar-refractivity contribution in [2.45, 2.75) is 0 Å². The van der Waals surface area contributed by atoms with Crippen LogP contribution in [0.1, 0.15) is 10.4 Å². The van der Waals surface area contributed by atoms with Crippen molar-refractivity contribution in [1.29, 1.82) is 0 Å². The van der Waals surface area contributed by atoms with Gasteiger partial charge in [-0.25, -0.2) is 9.97 Å². The quantitative estimate of drug-likeness (QED) is 0.768. The van der Waals surface area contributed by atoms with Crippen molar-refractivity contribution >= 4 is 17.9 Å². The minimum Gasteiger partial charge on any atom is -0.325 e. The molecule has 0 saturated carbocycles. The van der Waals surface area contributed by atoms with E-state index in [9.17, 15) is 4.79 Å². The van der Waals surface area contributed by atoms with Gasteiger partial charge in [0.1, 0.15) is 17.9 Å². The zero-order chi connectivity index (χ0) is 10.5. The van der Waals surface area contributed by atoms with Crippen LogP contribution in [0.4, 0.5) is 11.6 Å². The lowest BCUT2D eigenvalue weighted by molar-refractivity contribution is 0.112. The zero-order valence-corrected chi connectivity index (χ0v) is 7.92. The number of pyridine rings is 2. The number of anilines is 2. The van der Waals surface area contributed by atoms with Gasteiger partial charge in [0.05, 0.1) is 0 Å². The highest BCUT2D eigenvalue weighted by Gasteiger charge is 1.97. The maximum absolute atomic E-state index is 10.5. The zero-order valence-electron chi connectivity index (χ0n) is 7.92. The fourth-order valence-corrected chi connectivity index (χ4v) is 1.16. The van der Waals surface area contributed by atoms with Gasteiger partial charge in [-0.05, 0) is 24.3 Å². The van der Waals surface area contributed by atoms with Crippen molar-refractivity contribution in [1.82, 2.24) is 9.97 Å². The Labute approximate surface area is 87.0 Å². The molecule has 0 aliphatic heterocycles. The van der Waals surface area contributed by atoms with Crippen molar-refractivity contribution in [3.8, 4) is 0 Å². The first kappa shape index (κ1) is 9.33. The van der Waals surface area contributed by atoms with Gasteiger partial charge in [0.15, 0.2) is 0 Å². The summed E-state index contributed by atoms with van der Waals surface area (Å²) in [5, 5.41) is 3.00. The van der Waals surface area contributed by atoms with Crippen molar-refractivity contribution in [2.24, 2.45) is 0 Å². The van der Waals surface area contributed by atoms with Crippen LogP contribution in [0.5, 0.6) is 0 Å². The molecule has 0 amide bonds. The standard InChI is InChI=1S/C11H9N3O/c15-8-9-4-6-13-11(7-9)14-10-3-1-2-5-12-10/h1-8H,(H,12,13,14). The third-order valence-corrected chi connectivity index (χ3v) is 1.84. The molecule has 0 aliphatic rings. The first-order valence-corrected chi connectivity index (χ1v) is 4.48. The van der Waals surface area contributed by atoms with E-state index < -0.39 is 0 Å². The summed E-state index contributed by atoms with van der Waals surface area (Å²) in [4.78, 5) is 18.7. The molecule has 0 bridgehead atoms. The lowest BCUT2D eigenvalue weighted by atomic mass is 10.3. The van der Waals surface area contributed by atoms with Gasteiger partial charge in [0, 0.05) is 18.0 Å². The van der Waals surface area contributed by atoms with Crippen LogP contribution in [0.2, 0.25) is 0 Å². The first-order valence-electron chi connectivity index (χ1n) is 4.48. The average molecular weight is 199 g/mol. The van der Waals surface area contributed by atoms with Crippen molar-refractivity contribution < 1.29 is 4.79 Å². The molecule has 2 heterocycles. The molecule has 0 aliphatic carbocycles. The second kappa shape index (κ2) is 4.32. The lowest BCUT2D eigenvalue weighted by Crippen LogP contribution is -1.95. The van der Waals surface area contributed by atoms with Gasteiger partial charge in [0.2, 0.25) is 0 Å². The normalized spacial score (nSPS) is 9.60. The minimum atomic E-state index is 0.587. The topological polar surface area (TPSA) is 54.9 Å². The summed E-state index contributed by atoms with van der Waals surface area (Å²) < 4.78 is 0. The molecule has 0 spiro atoms. The Kier molecular flexibility index (Phi) is 2.69. The maximum atomic E-state index is 10.5. The Bertz CT molecular complexity index is 456. The van der Waals surface area contributed by atoms with E-state index in [1.807, 2.05) is 18.2 Å². The van der Waals surface area contributed by atoms with Gasteiger partial charge < -0.3 is 5.32 Å². The van der Waals surface area contributed by atoms with Crippen LogP contribution in [-0.4, -0.2) is 16.3 Å². The van der Waals surface area contributed by atoms with Crippen LogP contribution >= 0.6 is 0 Å². The van der Waals surface area contributed by atoms with E-state index in [1.165, 1.54) is 0 Å². The number of carbonyl (C=O) groups excluding carboxylic acids is 1. The largest absolute Gasteiger partial charge is 0.325 e. The van der Waals surface area contributed by atoms with E-state index in [1.54, 1.807) is 24.5 Å². The summed E-state index contributed by atoms with van der Waals surface area (Å²) >= 11 is 0. The Hall–Kier alpha value is -2.23. The second-order valence-corrected chi connectivity index (χ2v) is 2.93. The number of hydrogen-bond acceptors (Lipinski definition) is 4. The number of aldehydes is 1. The number of nitrogens with zero attached hydrogens (tertiary/aromatic N) is 2. The molecule has 0 atom stereocenters. The third-order valence-electron chi connectivity index (χ3n) is 1.84. The van der Waals surface area contributed by atoms with Crippen molar-refractivity contribution in [3.05, 3.63) is 48.3 Å². The SMILES string of the molecule is O=Cc1ccnc(Nc2ccccn2)c1. The molecule has 4 nitrogen and oxygen atoms in total. The molecule has 2 aromatic rings. The third kappa shape index (κ3) is 2.37. The smallest absolute Gasteiger partial charge is 0.150 e. The number of rotatable bonds is 3. The van der Waals surface area contributed by atoms with Crippen molar-refractivity contribution in [3.63, 3.8) is 0 Å². The summed E-state index contributed by atoms with van der Waals surface area (Å²) in [5.41, 5.74) is 0.587. The van der Waals surface area contributed by atoms with Crippen molar-refractivity contribution in [2.75, 3.05) is 5.32 Å². The van der Waals surface area contributed by atoms with Gasteiger partial charge >= 0.3 is 0 Å². The van der Waals surface area contributed by atoms with Gasteiger partial charge in [-0.3, -0.25) is 4.79 Å². The molecule has 0 aromatic carbocycles. The van der Waals surface area contributed by atoms with Gasteiger partial charge in [-0.15, -0.1) is 0 Å². The number of carbonyl (C=O) groups is 1. The molecule has 0 unspecified atom stereocenters. The summed E-state index contributed by atoms with van der Waals surface area (Å²) in [6.45, 7) is 0. The Morgan fingerprint density at radius 1 is 1.07 bits per heavy atom. The number of hydrogen-bond donors (Lipinski definition) is 1. The number of aromatic nitrogens is 2. The Balaban J connectivity index is 2.21. The summed E-state index contributed by atoms with van der Waals surface area (Å²) in [6, 6.07) is 8.85. The van der Waals surface area contributed by atoms with E-state index in [4.69, 9.17) is 0 Å². The molecular weight excluding hydrogens is 190 g/mol. The lowest BCUT2D eigenvalue weighted by Gasteiger charge is -2.03. The molecule has 2 aromatic heterocycles. The van der Waals surface area contributed by atoms with Crippen LogP contribution in [0.15, 0.2) is 42.7 Å². The molecule has 2 rings (SSSR count). The molecule has 0 radical (unpaired) electrons. The van der Waals surface area contributed by atoms with Crippen LogP contribution in [0.25, 0.3) is 0 Å². The van der Waals surface area contributed by atoms with Crippen LogP contribution in [0.3, 0.4) is 0 Å². The van der Waals surface area contributed by atoms with Crippen LogP contribution in [-0.2, 0) is 0 Å². The molecule has 0 saturated heterocycles.